The Morgan fingerprint density at radius 2 is 2.37 bits per heavy atom. The standard InChI is InChI=1S/C13H15N3O3/c17-16(18)11-1-2-13-12(6-11)9(7-15-13)5-10-8-19-4-3-14-10/h1-2,6-7,10,14-15H,3-5,8H2/t10-/m0/s1. The van der Waals surface area contributed by atoms with Crippen LogP contribution in [0.5, 0.6) is 0 Å². The van der Waals surface area contributed by atoms with Gasteiger partial charge in [-0.05, 0) is 18.1 Å². The van der Waals surface area contributed by atoms with E-state index in [0.717, 1.165) is 36.0 Å². The van der Waals surface area contributed by atoms with Crippen LogP contribution < -0.4 is 5.32 Å². The van der Waals surface area contributed by atoms with E-state index in [1.807, 2.05) is 6.20 Å². The quantitative estimate of drug-likeness (QED) is 0.649. The Morgan fingerprint density at radius 1 is 1.47 bits per heavy atom. The van der Waals surface area contributed by atoms with Gasteiger partial charge in [0.25, 0.3) is 5.69 Å². The number of nitrogens with zero attached hydrogens (tertiary/aromatic N) is 1. The number of hydrogen-bond acceptors (Lipinski definition) is 4. The number of nitrogens with one attached hydrogen (secondary N) is 2. The van der Waals surface area contributed by atoms with Gasteiger partial charge in [-0.2, -0.15) is 0 Å². The molecule has 1 atom stereocenters. The fourth-order valence-corrected chi connectivity index (χ4v) is 2.47. The molecule has 1 aliphatic heterocycles. The van der Waals surface area contributed by atoms with E-state index in [4.69, 9.17) is 4.74 Å². The van der Waals surface area contributed by atoms with Gasteiger partial charge in [-0.15, -0.1) is 0 Å². The van der Waals surface area contributed by atoms with Crippen LogP contribution in [0.4, 0.5) is 5.69 Å². The molecule has 100 valence electrons. The molecule has 1 saturated heterocycles. The fraction of sp³-hybridized carbons (Fsp3) is 0.385. The number of hydrogen-bond donors (Lipinski definition) is 2. The van der Waals surface area contributed by atoms with Gasteiger partial charge >= 0.3 is 0 Å². The average Bonchev–Trinajstić information content (AvgIpc) is 2.82. The summed E-state index contributed by atoms with van der Waals surface area (Å²) < 4.78 is 5.42. The molecular weight excluding hydrogens is 246 g/mol. The largest absolute Gasteiger partial charge is 0.379 e. The number of morpholine rings is 1. The number of H-pyrrole nitrogens is 1. The van der Waals surface area contributed by atoms with Gasteiger partial charge in [-0.3, -0.25) is 10.1 Å². The van der Waals surface area contributed by atoms with Crippen molar-refractivity contribution in [2.75, 3.05) is 19.8 Å². The Hall–Kier alpha value is -1.92. The number of benzene rings is 1. The van der Waals surface area contributed by atoms with Crippen molar-refractivity contribution in [3.63, 3.8) is 0 Å². The molecular formula is C13H15N3O3. The van der Waals surface area contributed by atoms with Gasteiger partial charge in [0.2, 0.25) is 0 Å². The van der Waals surface area contributed by atoms with Crippen LogP contribution in [0.3, 0.4) is 0 Å². The minimum absolute atomic E-state index is 0.126. The van der Waals surface area contributed by atoms with Crippen molar-refractivity contribution >= 4 is 16.6 Å². The molecule has 2 heterocycles. The van der Waals surface area contributed by atoms with E-state index in [9.17, 15) is 10.1 Å². The summed E-state index contributed by atoms with van der Waals surface area (Å²) in [5.41, 5.74) is 2.14. The first-order valence-electron chi connectivity index (χ1n) is 6.29. The first-order valence-corrected chi connectivity index (χ1v) is 6.29. The van der Waals surface area contributed by atoms with Gasteiger partial charge < -0.3 is 15.0 Å². The molecule has 0 unspecified atom stereocenters. The smallest absolute Gasteiger partial charge is 0.270 e. The van der Waals surface area contributed by atoms with E-state index in [1.54, 1.807) is 12.1 Å². The molecule has 19 heavy (non-hydrogen) atoms. The minimum Gasteiger partial charge on any atom is -0.379 e. The molecule has 1 aromatic carbocycles. The monoisotopic (exact) mass is 261 g/mol. The molecule has 3 rings (SSSR count). The Bertz CT molecular complexity index is 602. The van der Waals surface area contributed by atoms with E-state index >= 15 is 0 Å². The van der Waals surface area contributed by atoms with E-state index in [0.29, 0.717) is 6.61 Å². The number of aromatic amines is 1. The predicted molar refractivity (Wildman–Crippen MR) is 71.3 cm³/mol. The molecule has 0 saturated carbocycles. The molecule has 0 spiro atoms. The van der Waals surface area contributed by atoms with Crippen molar-refractivity contribution in [2.24, 2.45) is 0 Å². The highest BCUT2D eigenvalue weighted by Gasteiger charge is 2.17. The molecule has 6 nitrogen and oxygen atoms in total. The summed E-state index contributed by atoms with van der Waals surface area (Å²) in [6, 6.07) is 5.17. The number of ether oxygens (including phenoxy) is 1. The lowest BCUT2D eigenvalue weighted by atomic mass is 10.0. The van der Waals surface area contributed by atoms with Crippen LogP contribution in [0.15, 0.2) is 24.4 Å². The van der Waals surface area contributed by atoms with Crippen molar-refractivity contribution in [1.29, 1.82) is 0 Å². The number of non-ortho nitro benzene ring substituents is 1. The molecule has 0 bridgehead atoms. The highest BCUT2D eigenvalue weighted by atomic mass is 16.6. The van der Waals surface area contributed by atoms with Gasteiger partial charge in [0, 0.05) is 41.8 Å². The number of rotatable bonds is 3. The summed E-state index contributed by atoms with van der Waals surface area (Å²) in [6.07, 6.45) is 2.73. The maximum Gasteiger partial charge on any atom is 0.270 e. The molecule has 0 aliphatic carbocycles. The predicted octanol–water partition coefficient (Wildman–Crippen LogP) is 1.61. The Labute approximate surface area is 109 Å². The van der Waals surface area contributed by atoms with E-state index in [-0.39, 0.29) is 16.7 Å². The van der Waals surface area contributed by atoms with Crippen LogP contribution in [0.1, 0.15) is 5.56 Å². The third-order valence-electron chi connectivity index (χ3n) is 3.43. The van der Waals surface area contributed by atoms with Crippen molar-refractivity contribution < 1.29 is 9.66 Å². The average molecular weight is 261 g/mol. The molecule has 2 N–H and O–H groups in total. The third-order valence-corrected chi connectivity index (χ3v) is 3.43. The number of aromatic nitrogens is 1. The molecule has 0 radical (unpaired) electrons. The van der Waals surface area contributed by atoms with E-state index in [2.05, 4.69) is 10.3 Å². The highest BCUT2D eigenvalue weighted by molar-refractivity contribution is 5.85. The number of nitro groups is 1. The van der Waals surface area contributed by atoms with E-state index < -0.39 is 0 Å². The summed E-state index contributed by atoms with van der Waals surface area (Å²) in [4.78, 5) is 13.6. The Kier molecular flexibility index (Phi) is 3.18. The number of fused-ring (bicyclic) bond motifs is 1. The fourth-order valence-electron chi connectivity index (χ4n) is 2.47. The topological polar surface area (TPSA) is 80.2 Å². The lowest BCUT2D eigenvalue weighted by molar-refractivity contribution is -0.384. The van der Waals surface area contributed by atoms with Crippen molar-refractivity contribution in [2.45, 2.75) is 12.5 Å². The second-order valence-corrected chi connectivity index (χ2v) is 4.73. The minimum atomic E-state index is -0.363. The van der Waals surface area contributed by atoms with Crippen LogP contribution >= 0.6 is 0 Å². The summed E-state index contributed by atoms with van der Waals surface area (Å²) >= 11 is 0. The summed E-state index contributed by atoms with van der Waals surface area (Å²) in [5.74, 6) is 0. The Morgan fingerprint density at radius 3 is 3.11 bits per heavy atom. The maximum atomic E-state index is 10.8. The molecule has 1 fully saturated rings. The normalized spacial score (nSPS) is 19.7. The zero-order valence-electron chi connectivity index (χ0n) is 10.4. The lowest BCUT2D eigenvalue weighted by Gasteiger charge is -2.23. The SMILES string of the molecule is O=[N+]([O-])c1ccc2[nH]cc(C[C@H]3COCCN3)c2c1. The molecule has 2 aromatic rings. The van der Waals surface area contributed by atoms with Gasteiger partial charge in [0.1, 0.15) is 0 Å². The number of nitro benzene ring substituents is 1. The summed E-state index contributed by atoms with van der Waals surface area (Å²) in [7, 11) is 0. The molecule has 1 aliphatic rings. The van der Waals surface area contributed by atoms with Gasteiger partial charge in [0.05, 0.1) is 18.1 Å². The molecule has 0 amide bonds. The molecule has 6 heteroatoms. The van der Waals surface area contributed by atoms with E-state index in [1.165, 1.54) is 6.07 Å². The van der Waals surface area contributed by atoms with Crippen LogP contribution in [0.25, 0.3) is 10.9 Å². The van der Waals surface area contributed by atoms with Crippen molar-refractivity contribution in [3.05, 3.63) is 40.1 Å². The van der Waals surface area contributed by atoms with Crippen molar-refractivity contribution in [3.8, 4) is 0 Å². The first-order chi connectivity index (χ1) is 9.24. The van der Waals surface area contributed by atoms with Crippen LogP contribution in [0, 0.1) is 10.1 Å². The summed E-state index contributed by atoms with van der Waals surface area (Å²) in [5, 5.41) is 15.1. The van der Waals surface area contributed by atoms with Gasteiger partial charge in [0.15, 0.2) is 0 Å². The van der Waals surface area contributed by atoms with Crippen molar-refractivity contribution in [1.82, 2.24) is 10.3 Å². The molecule has 1 aromatic heterocycles. The van der Waals surface area contributed by atoms with Crippen LogP contribution in [-0.2, 0) is 11.2 Å². The van der Waals surface area contributed by atoms with Gasteiger partial charge in [-0.1, -0.05) is 0 Å². The second kappa shape index (κ2) is 4.99. The van der Waals surface area contributed by atoms with Gasteiger partial charge in [-0.25, -0.2) is 0 Å². The Balaban J connectivity index is 1.89. The lowest BCUT2D eigenvalue weighted by Crippen LogP contribution is -2.42. The zero-order valence-corrected chi connectivity index (χ0v) is 10.4. The summed E-state index contributed by atoms with van der Waals surface area (Å²) in [6.45, 7) is 2.28. The zero-order chi connectivity index (χ0) is 13.2. The third kappa shape index (κ3) is 2.45. The second-order valence-electron chi connectivity index (χ2n) is 4.73. The highest BCUT2D eigenvalue weighted by Crippen LogP contribution is 2.24. The van der Waals surface area contributed by atoms with Crippen LogP contribution in [0.2, 0.25) is 0 Å². The van der Waals surface area contributed by atoms with Crippen LogP contribution in [-0.4, -0.2) is 35.7 Å². The maximum absolute atomic E-state index is 10.8. The first kappa shape index (κ1) is 12.1.